The van der Waals surface area contributed by atoms with E-state index < -0.39 is 18.5 Å². The van der Waals surface area contributed by atoms with Crippen LogP contribution in [0.1, 0.15) is 5.56 Å². The van der Waals surface area contributed by atoms with E-state index in [0.717, 1.165) is 4.47 Å². The number of aliphatic carboxylic acids is 1. The summed E-state index contributed by atoms with van der Waals surface area (Å²) in [5, 5.41) is 20.7. The fraction of sp³-hybridized carbons (Fsp3) is 0.0556. The molecule has 9 heteroatoms. The van der Waals surface area contributed by atoms with Gasteiger partial charge in [0.05, 0.1) is 10.0 Å². The summed E-state index contributed by atoms with van der Waals surface area (Å²) in [4.78, 5) is 22.9. The first-order chi connectivity index (χ1) is 12.8. The second-order valence-corrected chi connectivity index (χ2v) is 6.86. The van der Waals surface area contributed by atoms with Gasteiger partial charge in [-0.1, -0.05) is 45.2 Å². The van der Waals surface area contributed by atoms with Crippen LogP contribution in [0.5, 0.6) is 5.75 Å². The highest BCUT2D eigenvalue weighted by Crippen LogP contribution is 2.35. The fourth-order valence-electron chi connectivity index (χ4n) is 2.01. The Labute approximate surface area is 173 Å². The number of anilines is 1. The molecule has 2 rings (SSSR count). The lowest BCUT2D eigenvalue weighted by Crippen LogP contribution is -2.13. The summed E-state index contributed by atoms with van der Waals surface area (Å²) in [5.41, 5.74) is 0.735. The number of benzene rings is 2. The van der Waals surface area contributed by atoms with E-state index in [2.05, 4.69) is 21.2 Å². The maximum absolute atomic E-state index is 12.3. The first-order valence-electron chi connectivity index (χ1n) is 7.32. The van der Waals surface area contributed by atoms with Crippen molar-refractivity contribution in [2.24, 2.45) is 0 Å². The van der Waals surface area contributed by atoms with Crippen molar-refractivity contribution in [3.05, 3.63) is 62.1 Å². The summed E-state index contributed by atoms with van der Waals surface area (Å²) in [6.45, 7) is -0.604. The first kappa shape index (κ1) is 20.8. The van der Waals surface area contributed by atoms with Gasteiger partial charge in [0.25, 0.3) is 5.91 Å². The summed E-state index contributed by atoms with van der Waals surface area (Å²) in [7, 11) is 0. The summed E-state index contributed by atoms with van der Waals surface area (Å²) in [6.07, 6.45) is 1.31. The van der Waals surface area contributed by atoms with Crippen LogP contribution in [0.3, 0.4) is 0 Å². The first-order valence-corrected chi connectivity index (χ1v) is 8.87. The van der Waals surface area contributed by atoms with Crippen molar-refractivity contribution in [1.82, 2.24) is 0 Å². The molecule has 0 fully saturated rings. The number of hydrogen-bond donors (Lipinski definition) is 2. The lowest BCUT2D eigenvalue weighted by atomic mass is 10.1. The molecule has 0 bridgehead atoms. The molecule has 0 saturated carbocycles. The Kier molecular flexibility index (Phi) is 7.25. The van der Waals surface area contributed by atoms with E-state index in [1.807, 2.05) is 6.07 Å². The number of carbonyl (C=O) groups is 2. The summed E-state index contributed by atoms with van der Waals surface area (Å²) >= 11 is 15.4. The third-order valence-electron chi connectivity index (χ3n) is 3.12. The maximum Gasteiger partial charge on any atom is 0.341 e. The average molecular weight is 470 g/mol. The van der Waals surface area contributed by atoms with E-state index in [9.17, 15) is 14.9 Å². The summed E-state index contributed by atoms with van der Waals surface area (Å²) in [5.74, 6) is -1.77. The Morgan fingerprint density at radius 2 is 1.93 bits per heavy atom. The molecule has 0 spiro atoms. The third kappa shape index (κ3) is 6.00. The Balaban J connectivity index is 2.25. The SMILES string of the molecule is N#CC(=Cc1cc(Cl)c(OCC(=O)O)c(Cl)c1)C(=O)Nc1cccc(Br)c1. The number of nitrogens with zero attached hydrogens (tertiary/aromatic N) is 1. The van der Waals surface area contributed by atoms with Crippen molar-refractivity contribution >= 4 is 62.8 Å². The minimum Gasteiger partial charge on any atom is -0.479 e. The molecule has 1 amide bonds. The minimum atomic E-state index is -1.18. The van der Waals surface area contributed by atoms with Crippen LogP contribution in [0, 0.1) is 11.3 Å². The molecule has 0 aliphatic carbocycles. The fourth-order valence-corrected chi connectivity index (χ4v) is 3.03. The Morgan fingerprint density at radius 3 is 2.48 bits per heavy atom. The number of hydrogen-bond acceptors (Lipinski definition) is 4. The van der Waals surface area contributed by atoms with Gasteiger partial charge in [0.1, 0.15) is 11.6 Å². The molecule has 27 heavy (non-hydrogen) atoms. The molecule has 2 N–H and O–H groups in total. The van der Waals surface area contributed by atoms with Gasteiger partial charge in [0.15, 0.2) is 12.4 Å². The highest BCUT2D eigenvalue weighted by atomic mass is 79.9. The van der Waals surface area contributed by atoms with E-state index in [-0.39, 0.29) is 21.4 Å². The second-order valence-electron chi connectivity index (χ2n) is 5.13. The quantitative estimate of drug-likeness (QED) is 0.469. The molecule has 0 radical (unpaired) electrons. The number of ether oxygens (including phenoxy) is 1. The van der Waals surface area contributed by atoms with E-state index in [1.54, 1.807) is 24.3 Å². The van der Waals surface area contributed by atoms with Gasteiger partial charge in [-0.2, -0.15) is 5.26 Å². The number of carbonyl (C=O) groups excluding carboxylic acids is 1. The second kappa shape index (κ2) is 9.42. The molecule has 0 aromatic heterocycles. The zero-order valence-corrected chi connectivity index (χ0v) is 16.6. The van der Waals surface area contributed by atoms with E-state index in [4.69, 9.17) is 33.0 Å². The third-order valence-corrected chi connectivity index (χ3v) is 4.17. The number of amides is 1. The van der Waals surface area contributed by atoms with Crippen molar-refractivity contribution in [3.63, 3.8) is 0 Å². The standard InChI is InChI=1S/C18H11BrCl2N2O4/c19-12-2-1-3-13(7-12)23-18(26)11(8-22)4-10-5-14(20)17(15(21)6-10)27-9-16(24)25/h1-7H,9H2,(H,23,26)(H,24,25). The molecule has 0 aliphatic heterocycles. The zero-order chi connectivity index (χ0) is 20.0. The molecule has 2 aromatic carbocycles. The van der Waals surface area contributed by atoms with Crippen molar-refractivity contribution in [3.8, 4) is 11.8 Å². The molecule has 0 aliphatic rings. The molecule has 0 saturated heterocycles. The van der Waals surface area contributed by atoms with Gasteiger partial charge in [-0.25, -0.2) is 4.79 Å². The number of carboxylic acids is 1. The van der Waals surface area contributed by atoms with Crippen LogP contribution >= 0.6 is 39.1 Å². The number of nitrogens with one attached hydrogen (secondary N) is 1. The molecule has 6 nitrogen and oxygen atoms in total. The molecular formula is C18H11BrCl2N2O4. The van der Waals surface area contributed by atoms with Crippen molar-refractivity contribution in [2.45, 2.75) is 0 Å². The van der Waals surface area contributed by atoms with Crippen LogP contribution in [0.2, 0.25) is 10.0 Å². The van der Waals surface area contributed by atoms with Gasteiger partial charge in [0.2, 0.25) is 0 Å². The van der Waals surface area contributed by atoms with Gasteiger partial charge in [0, 0.05) is 10.2 Å². The van der Waals surface area contributed by atoms with Crippen molar-refractivity contribution in [1.29, 1.82) is 5.26 Å². The van der Waals surface area contributed by atoms with E-state index in [1.165, 1.54) is 18.2 Å². The molecule has 2 aromatic rings. The predicted octanol–water partition coefficient (Wildman–Crippen LogP) is 4.76. The van der Waals surface area contributed by atoms with Crippen LogP contribution in [0.25, 0.3) is 6.08 Å². The minimum absolute atomic E-state index is 0.00924. The van der Waals surface area contributed by atoms with E-state index >= 15 is 0 Å². The molecule has 0 unspecified atom stereocenters. The van der Waals surface area contributed by atoms with Gasteiger partial charge >= 0.3 is 5.97 Å². The van der Waals surface area contributed by atoms with Crippen LogP contribution < -0.4 is 10.1 Å². The van der Waals surface area contributed by atoms with Crippen molar-refractivity contribution in [2.75, 3.05) is 11.9 Å². The molecule has 138 valence electrons. The lowest BCUT2D eigenvalue weighted by molar-refractivity contribution is -0.139. The maximum atomic E-state index is 12.3. The Hall–Kier alpha value is -2.53. The van der Waals surface area contributed by atoms with Crippen LogP contribution in [-0.4, -0.2) is 23.6 Å². The highest BCUT2D eigenvalue weighted by Gasteiger charge is 2.14. The van der Waals surface area contributed by atoms with Crippen LogP contribution in [-0.2, 0) is 9.59 Å². The smallest absolute Gasteiger partial charge is 0.341 e. The normalized spacial score (nSPS) is 10.8. The van der Waals surface area contributed by atoms with Crippen LogP contribution in [0.4, 0.5) is 5.69 Å². The zero-order valence-electron chi connectivity index (χ0n) is 13.5. The molecule has 0 atom stereocenters. The average Bonchev–Trinajstić information content (AvgIpc) is 2.58. The van der Waals surface area contributed by atoms with E-state index in [0.29, 0.717) is 11.3 Å². The monoisotopic (exact) mass is 468 g/mol. The summed E-state index contributed by atoms with van der Waals surface area (Å²) in [6, 6.07) is 11.6. The number of nitriles is 1. The van der Waals surface area contributed by atoms with Crippen molar-refractivity contribution < 1.29 is 19.4 Å². The Bertz CT molecular complexity index is 947. The molecular weight excluding hydrogens is 459 g/mol. The van der Waals surface area contributed by atoms with Gasteiger partial charge in [-0.05, 0) is 42.0 Å². The molecule has 0 heterocycles. The number of rotatable bonds is 6. The number of halogens is 3. The van der Waals surface area contributed by atoms with Crippen LogP contribution in [0.15, 0.2) is 46.4 Å². The van der Waals surface area contributed by atoms with Gasteiger partial charge in [-0.3, -0.25) is 4.79 Å². The topological polar surface area (TPSA) is 99.4 Å². The number of carboxylic acid groups (broad SMARTS) is 1. The lowest BCUT2D eigenvalue weighted by Gasteiger charge is -2.09. The van der Waals surface area contributed by atoms with Gasteiger partial charge in [-0.15, -0.1) is 0 Å². The predicted molar refractivity (Wildman–Crippen MR) is 106 cm³/mol. The van der Waals surface area contributed by atoms with Gasteiger partial charge < -0.3 is 15.2 Å². The Morgan fingerprint density at radius 1 is 1.26 bits per heavy atom. The largest absolute Gasteiger partial charge is 0.479 e. The summed E-state index contributed by atoms with van der Waals surface area (Å²) < 4.78 is 5.80. The highest BCUT2D eigenvalue weighted by molar-refractivity contribution is 9.10.